The van der Waals surface area contributed by atoms with Crippen molar-refractivity contribution < 1.29 is 5.11 Å². The number of phenolic OH excluding ortho intramolecular Hbond substituents is 1. The molecule has 5 heteroatoms. The van der Waals surface area contributed by atoms with Gasteiger partial charge in [-0.3, -0.25) is 4.99 Å². The van der Waals surface area contributed by atoms with Gasteiger partial charge >= 0.3 is 0 Å². The van der Waals surface area contributed by atoms with Crippen LogP contribution in [0.3, 0.4) is 0 Å². The van der Waals surface area contributed by atoms with Crippen LogP contribution < -0.4 is 10.6 Å². The second kappa shape index (κ2) is 8.82. The summed E-state index contributed by atoms with van der Waals surface area (Å²) in [6.07, 6.45) is 4.71. The number of thioether (sulfide) groups is 1. The monoisotopic (exact) mass is 307 g/mol. The van der Waals surface area contributed by atoms with Crippen LogP contribution in [-0.2, 0) is 6.42 Å². The van der Waals surface area contributed by atoms with Gasteiger partial charge in [0, 0.05) is 25.4 Å². The summed E-state index contributed by atoms with van der Waals surface area (Å²) >= 11 is 2.06. The molecule has 0 radical (unpaired) electrons. The number of nitrogens with zero attached hydrogens (tertiary/aromatic N) is 1. The van der Waals surface area contributed by atoms with Gasteiger partial charge in [-0.2, -0.15) is 11.8 Å². The number of rotatable bonds is 6. The van der Waals surface area contributed by atoms with E-state index < -0.39 is 0 Å². The number of phenols is 1. The van der Waals surface area contributed by atoms with Gasteiger partial charge in [-0.1, -0.05) is 12.1 Å². The SMILES string of the molecule is CN=C(NCCCc1ccc(O)cc1)NCC1CCCS1. The summed E-state index contributed by atoms with van der Waals surface area (Å²) in [5.41, 5.74) is 1.25. The number of hydrogen-bond acceptors (Lipinski definition) is 3. The first-order valence-corrected chi connectivity index (χ1v) is 8.67. The highest BCUT2D eigenvalue weighted by atomic mass is 32.2. The topological polar surface area (TPSA) is 56.7 Å². The molecular formula is C16H25N3OS. The molecule has 0 aromatic heterocycles. The minimum atomic E-state index is 0.325. The molecule has 0 bridgehead atoms. The van der Waals surface area contributed by atoms with Gasteiger partial charge in [0.15, 0.2) is 5.96 Å². The number of guanidine groups is 1. The Bertz CT molecular complexity index is 441. The molecule has 116 valence electrons. The van der Waals surface area contributed by atoms with Crippen LogP contribution in [0.4, 0.5) is 0 Å². The summed E-state index contributed by atoms with van der Waals surface area (Å²) in [6, 6.07) is 7.42. The molecule has 0 aliphatic carbocycles. The Morgan fingerprint density at radius 2 is 2.14 bits per heavy atom. The summed E-state index contributed by atoms with van der Waals surface area (Å²) in [5, 5.41) is 16.7. The minimum Gasteiger partial charge on any atom is -0.508 e. The third kappa shape index (κ3) is 5.87. The summed E-state index contributed by atoms with van der Waals surface area (Å²) in [5.74, 6) is 2.52. The maximum Gasteiger partial charge on any atom is 0.191 e. The van der Waals surface area contributed by atoms with Crippen molar-refractivity contribution >= 4 is 17.7 Å². The van der Waals surface area contributed by atoms with Crippen molar-refractivity contribution in [2.24, 2.45) is 4.99 Å². The quantitative estimate of drug-likeness (QED) is 0.429. The fraction of sp³-hybridized carbons (Fsp3) is 0.562. The van der Waals surface area contributed by atoms with Crippen molar-refractivity contribution in [1.82, 2.24) is 10.6 Å². The van der Waals surface area contributed by atoms with Gasteiger partial charge in [-0.15, -0.1) is 0 Å². The van der Waals surface area contributed by atoms with Gasteiger partial charge < -0.3 is 15.7 Å². The average molecular weight is 307 g/mol. The number of benzene rings is 1. The van der Waals surface area contributed by atoms with Crippen LogP contribution in [-0.4, -0.2) is 42.2 Å². The zero-order chi connectivity index (χ0) is 14.9. The lowest BCUT2D eigenvalue weighted by atomic mass is 10.1. The van der Waals surface area contributed by atoms with E-state index in [1.807, 2.05) is 19.2 Å². The van der Waals surface area contributed by atoms with Crippen LogP contribution in [0, 0.1) is 0 Å². The Kier molecular flexibility index (Phi) is 6.73. The Morgan fingerprint density at radius 1 is 1.33 bits per heavy atom. The van der Waals surface area contributed by atoms with E-state index in [9.17, 15) is 5.11 Å². The van der Waals surface area contributed by atoms with E-state index >= 15 is 0 Å². The van der Waals surface area contributed by atoms with E-state index in [-0.39, 0.29) is 0 Å². The standard InChI is InChI=1S/C16H25N3OS/c1-17-16(19-12-15-5-3-11-21-15)18-10-2-4-13-6-8-14(20)9-7-13/h6-9,15,20H,2-5,10-12H2,1H3,(H2,17,18,19). The van der Waals surface area contributed by atoms with Crippen molar-refractivity contribution in [3.63, 3.8) is 0 Å². The molecule has 3 N–H and O–H groups in total. The molecule has 0 spiro atoms. The smallest absolute Gasteiger partial charge is 0.191 e. The van der Waals surface area contributed by atoms with Gasteiger partial charge in [0.25, 0.3) is 0 Å². The van der Waals surface area contributed by atoms with E-state index in [0.717, 1.165) is 37.1 Å². The highest BCUT2D eigenvalue weighted by Crippen LogP contribution is 2.25. The van der Waals surface area contributed by atoms with Gasteiger partial charge in [0.2, 0.25) is 0 Å². The normalized spacial score (nSPS) is 18.7. The second-order valence-electron chi connectivity index (χ2n) is 5.28. The van der Waals surface area contributed by atoms with Crippen LogP contribution in [0.15, 0.2) is 29.3 Å². The van der Waals surface area contributed by atoms with Crippen molar-refractivity contribution in [1.29, 1.82) is 0 Å². The molecule has 21 heavy (non-hydrogen) atoms. The van der Waals surface area contributed by atoms with Crippen molar-refractivity contribution in [2.45, 2.75) is 30.9 Å². The third-order valence-corrected chi connectivity index (χ3v) is 5.01. The largest absolute Gasteiger partial charge is 0.508 e. The third-order valence-electron chi connectivity index (χ3n) is 3.62. The predicted octanol–water partition coefficient (Wildman–Crippen LogP) is 2.39. The summed E-state index contributed by atoms with van der Waals surface area (Å²) < 4.78 is 0. The van der Waals surface area contributed by atoms with E-state index in [0.29, 0.717) is 5.75 Å². The molecule has 1 atom stereocenters. The highest BCUT2D eigenvalue weighted by molar-refractivity contribution is 8.00. The number of hydrogen-bond donors (Lipinski definition) is 3. The molecule has 2 rings (SSSR count). The van der Waals surface area contributed by atoms with E-state index in [1.165, 1.54) is 24.2 Å². The molecule has 0 saturated carbocycles. The van der Waals surface area contributed by atoms with Gasteiger partial charge in [0.1, 0.15) is 5.75 Å². The molecule has 1 aliphatic heterocycles. The maximum atomic E-state index is 9.24. The van der Waals surface area contributed by atoms with Gasteiger partial charge in [0.05, 0.1) is 0 Å². The molecule has 1 saturated heterocycles. The average Bonchev–Trinajstić information content (AvgIpc) is 3.02. The first kappa shape index (κ1) is 16.0. The van der Waals surface area contributed by atoms with Gasteiger partial charge in [-0.25, -0.2) is 0 Å². The molecule has 1 aromatic carbocycles. The Hall–Kier alpha value is -1.36. The lowest BCUT2D eigenvalue weighted by Crippen LogP contribution is -2.40. The summed E-state index contributed by atoms with van der Waals surface area (Å²) in [6.45, 7) is 1.90. The van der Waals surface area contributed by atoms with Crippen molar-refractivity contribution in [3.05, 3.63) is 29.8 Å². The minimum absolute atomic E-state index is 0.325. The van der Waals surface area contributed by atoms with E-state index in [4.69, 9.17) is 0 Å². The van der Waals surface area contributed by atoms with E-state index in [2.05, 4.69) is 27.4 Å². The molecule has 0 amide bonds. The van der Waals surface area contributed by atoms with Gasteiger partial charge in [-0.05, 0) is 49.1 Å². The highest BCUT2D eigenvalue weighted by Gasteiger charge is 2.15. The Labute approximate surface area is 131 Å². The second-order valence-corrected chi connectivity index (χ2v) is 6.69. The summed E-state index contributed by atoms with van der Waals surface area (Å²) in [7, 11) is 1.82. The fourth-order valence-corrected chi connectivity index (χ4v) is 3.60. The van der Waals surface area contributed by atoms with Crippen LogP contribution in [0.1, 0.15) is 24.8 Å². The molecular weight excluding hydrogens is 282 g/mol. The molecule has 1 aliphatic rings. The Balaban J connectivity index is 1.60. The molecule has 1 aromatic rings. The zero-order valence-corrected chi connectivity index (χ0v) is 13.5. The maximum absolute atomic E-state index is 9.24. The first-order chi connectivity index (χ1) is 10.3. The lowest BCUT2D eigenvalue weighted by molar-refractivity contribution is 0.475. The summed E-state index contributed by atoms with van der Waals surface area (Å²) in [4.78, 5) is 4.26. The number of aryl methyl sites for hydroxylation is 1. The van der Waals surface area contributed by atoms with Crippen LogP contribution in [0.5, 0.6) is 5.75 Å². The molecule has 4 nitrogen and oxygen atoms in total. The number of aromatic hydroxyl groups is 1. The number of nitrogens with one attached hydrogen (secondary N) is 2. The van der Waals surface area contributed by atoms with E-state index in [1.54, 1.807) is 12.1 Å². The van der Waals surface area contributed by atoms with Crippen LogP contribution in [0.25, 0.3) is 0 Å². The van der Waals surface area contributed by atoms with Crippen LogP contribution in [0.2, 0.25) is 0 Å². The van der Waals surface area contributed by atoms with Crippen molar-refractivity contribution in [3.8, 4) is 5.75 Å². The fourth-order valence-electron chi connectivity index (χ4n) is 2.40. The molecule has 1 heterocycles. The van der Waals surface area contributed by atoms with Crippen LogP contribution >= 0.6 is 11.8 Å². The molecule has 1 unspecified atom stereocenters. The molecule has 1 fully saturated rings. The lowest BCUT2D eigenvalue weighted by Gasteiger charge is -2.14. The van der Waals surface area contributed by atoms with Crippen molar-refractivity contribution in [2.75, 3.05) is 25.9 Å². The first-order valence-electron chi connectivity index (χ1n) is 7.62. The Morgan fingerprint density at radius 3 is 2.81 bits per heavy atom. The number of aliphatic imine (C=N–C) groups is 1. The predicted molar refractivity (Wildman–Crippen MR) is 91.3 cm³/mol. The zero-order valence-electron chi connectivity index (χ0n) is 12.6.